The molecular formula is C17H20. The van der Waals surface area contributed by atoms with E-state index in [-0.39, 0.29) is 0 Å². The van der Waals surface area contributed by atoms with Crippen LogP contribution < -0.4 is 10.4 Å². The highest BCUT2D eigenvalue weighted by molar-refractivity contribution is 5.82. The van der Waals surface area contributed by atoms with Crippen LogP contribution in [0.1, 0.15) is 20.8 Å². The molecule has 0 aliphatic rings. The number of allylic oxidation sites excluding steroid dienone is 1. The average Bonchev–Trinajstić information content (AvgIpc) is 2.40. The van der Waals surface area contributed by atoms with Crippen molar-refractivity contribution in [3.05, 3.63) is 59.5 Å². The zero-order valence-electron chi connectivity index (χ0n) is 10.9. The van der Waals surface area contributed by atoms with E-state index in [1.165, 1.54) is 21.2 Å². The Morgan fingerprint density at radius 1 is 0.941 bits per heavy atom. The number of hydrogen-bond acceptors (Lipinski definition) is 0. The molecule has 88 valence electrons. The molecule has 0 spiro atoms. The van der Waals surface area contributed by atoms with E-state index in [4.69, 9.17) is 0 Å². The Morgan fingerprint density at radius 3 is 1.94 bits per heavy atom. The maximum absolute atomic E-state index is 3.74. The van der Waals surface area contributed by atoms with Gasteiger partial charge in [-0.1, -0.05) is 62.9 Å². The van der Waals surface area contributed by atoms with Gasteiger partial charge in [-0.05, 0) is 40.3 Å². The Balaban J connectivity index is 0.000000686. The van der Waals surface area contributed by atoms with Crippen molar-refractivity contribution in [2.75, 3.05) is 0 Å². The summed E-state index contributed by atoms with van der Waals surface area (Å²) in [4.78, 5) is 0. The first kappa shape index (κ1) is 13.2. The molecule has 0 heteroatoms. The van der Waals surface area contributed by atoms with Crippen molar-refractivity contribution in [2.45, 2.75) is 20.8 Å². The predicted molar refractivity (Wildman–Crippen MR) is 79.3 cm³/mol. The van der Waals surface area contributed by atoms with Crippen LogP contribution in [0.2, 0.25) is 0 Å². The molecule has 0 aliphatic carbocycles. The second-order valence-electron chi connectivity index (χ2n) is 3.52. The lowest BCUT2D eigenvalue weighted by atomic mass is 10.1. The third kappa shape index (κ3) is 3.07. The van der Waals surface area contributed by atoms with Crippen LogP contribution >= 0.6 is 0 Å². The van der Waals surface area contributed by atoms with Crippen molar-refractivity contribution >= 4 is 22.9 Å². The number of rotatable bonds is 1. The van der Waals surface area contributed by atoms with Crippen LogP contribution in [0.4, 0.5) is 0 Å². The molecule has 0 aromatic heterocycles. The summed E-state index contributed by atoms with van der Waals surface area (Å²) in [5, 5.41) is 5.04. The van der Waals surface area contributed by atoms with E-state index in [0.717, 1.165) is 0 Å². The van der Waals surface area contributed by atoms with E-state index in [2.05, 4.69) is 56.0 Å². The maximum atomic E-state index is 3.74. The monoisotopic (exact) mass is 224 g/mol. The molecule has 2 aromatic rings. The SMILES string of the molecule is C=C/C=c1/cc2ccccc2c/c1=C/C.CC. The van der Waals surface area contributed by atoms with E-state index in [1.54, 1.807) is 0 Å². The summed E-state index contributed by atoms with van der Waals surface area (Å²) in [5.74, 6) is 0. The molecule has 0 bridgehead atoms. The van der Waals surface area contributed by atoms with Gasteiger partial charge in [-0.3, -0.25) is 0 Å². The Morgan fingerprint density at radius 2 is 1.47 bits per heavy atom. The van der Waals surface area contributed by atoms with Gasteiger partial charge in [0.25, 0.3) is 0 Å². The quantitative estimate of drug-likeness (QED) is 0.694. The van der Waals surface area contributed by atoms with E-state index in [1.807, 2.05) is 26.0 Å². The van der Waals surface area contributed by atoms with Crippen LogP contribution in [0.3, 0.4) is 0 Å². The van der Waals surface area contributed by atoms with Crippen LogP contribution in [-0.4, -0.2) is 0 Å². The number of benzene rings is 2. The Bertz CT molecular complexity index is 603. The van der Waals surface area contributed by atoms with Crippen LogP contribution in [0.15, 0.2) is 49.1 Å². The lowest BCUT2D eigenvalue weighted by Gasteiger charge is -1.97. The first-order chi connectivity index (χ1) is 8.35. The van der Waals surface area contributed by atoms with Crippen LogP contribution in [0.25, 0.3) is 22.9 Å². The van der Waals surface area contributed by atoms with Gasteiger partial charge in [-0.25, -0.2) is 0 Å². The highest BCUT2D eigenvalue weighted by Gasteiger charge is 1.91. The standard InChI is InChI=1S/C15H14.C2H6/c1-3-7-13-11-15-9-6-5-8-14(15)10-12(13)4-2;1-2/h3-11H,1H2,2H3;1-2H3/b12-4-,13-7-;. The van der Waals surface area contributed by atoms with Gasteiger partial charge in [-0.15, -0.1) is 0 Å². The van der Waals surface area contributed by atoms with Gasteiger partial charge in [0.2, 0.25) is 0 Å². The summed E-state index contributed by atoms with van der Waals surface area (Å²) in [7, 11) is 0. The predicted octanol–water partition coefficient (Wildman–Crippen LogP) is 3.63. The molecule has 0 fully saturated rings. The van der Waals surface area contributed by atoms with Crippen molar-refractivity contribution in [3.8, 4) is 0 Å². The minimum atomic E-state index is 1.23. The summed E-state index contributed by atoms with van der Waals surface area (Å²) in [6, 6.07) is 12.8. The van der Waals surface area contributed by atoms with Crippen molar-refractivity contribution < 1.29 is 0 Å². The maximum Gasteiger partial charge on any atom is -0.0178 e. The molecule has 17 heavy (non-hydrogen) atoms. The van der Waals surface area contributed by atoms with Gasteiger partial charge in [-0.2, -0.15) is 0 Å². The Labute approximate surface area is 104 Å². The molecular weight excluding hydrogens is 204 g/mol. The van der Waals surface area contributed by atoms with Crippen LogP contribution in [0.5, 0.6) is 0 Å². The first-order valence-corrected chi connectivity index (χ1v) is 6.13. The highest BCUT2D eigenvalue weighted by atomic mass is 14.0. The van der Waals surface area contributed by atoms with Gasteiger partial charge < -0.3 is 0 Å². The van der Waals surface area contributed by atoms with Crippen LogP contribution in [0, 0.1) is 0 Å². The topological polar surface area (TPSA) is 0 Å². The minimum absolute atomic E-state index is 1.23. The second-order valence-corrected chi connectivity index (χ2v) is 3.52. The zero-order valence-corrected chi connectivity index (χ0v) is 10.9. The van der Waals surface area contributed by atoms with Crippen molar-refractivity contribution in [1.29, 1.82) is 0 Å². The third-order valence-corrected chi connectivity index (χ3v) is 2.56. The normalized spacial score (nSPS) is 12.2. The summed E-state index contributed by atoms with van der Waals surface area (Å²) in [6.45, 7) is 9.80. The van der Waals surface area contributed by atoms with E-state index in [9.17, 15) is 0 Å². The smallest absolute Gasteiger partial charge is 0.0178 e. The fourth-order valence-corrected chi connectivity index (χ4v) is 1.80. The lowest BCUT2D eigenvalue weighted by molar-refractivity contribution is 1.50. The molecule has 0 N–H and O–H groups in total. The Hall–Kier alpha value is -1.82. The summed E-state index contributed by atoms with van der Waals surface area (Å²) >= 11 is 0. The molecule has 2 rings (SSSR count). The van der Waals surface area contributed by atoms with Crippen molar-refractivity contribution in [2.24, 2.45) is 0 Å². The molecule has 2 aromatic carbocycles. The summed E-state index contributed by atoms with van der Waals surface area (Å²) in [5.41, 5.74) is 0. The average molecular weight is 224 g/mol. The molecule has 0 nitrogen and oxygen atoms in total. The second kappa shape index (κ2) is 6.70. The summed E-state index contributed by atoms with van der Waals surface area (Å²) < 4.78 is 0. The molecule has 0 amide bonds. The van der Waals surface area contributed by atoms with Gasteiger partial charge in [0.1, 0.15) is 0 Å². The molecule has 0 saturated carbocycles. The molecule has 0 saturated heterocycles. The van der Waals surface area contributed by atoms with E-state index < -0.39 is 0 Å². The minimum Gasteiger partial charge on any atom is -0.0990 e. The number of fused-ring (bicyclic) bond motifs is 1. The van der Waals surface area contributed by atoms with Crippen molar-refractivity contribution in [3.63, 3.8) is 0 Å². The first-order valence-electron chi connectivity index (χ1n) is 6.13. The number of hydrogen-bond donors (Lipinski definition) is 0. The molecule has 0 atom stereocenters. The zero-order chi connectivity index (χ0) is 12.7. The van der Waals surface area contributed by atoms with Crippen molar-refractivity contribution in [1.82, 2.24) is 0 Å². The van der Waals surface area contributed by atoms with Gasteiger partial charge in [0.05, 0.1) is 0 Å². The van der Waals surface area contributed by atoms with Gasteiger partial charge in [0, 0.05) is 0 Å². The van der Waals surface area contributed by atoms with Gasteiger partial charge in [0.15, 0.2) is 0 Å². The fourth-order valence-electron chi connectivity index (χ4n) is 1.80. The largest absolute Gasteiger partial charge is 0.0990 e. The molecule has 0 heterocycles. The fraction of sp³-hybridized carbons (Fsp3) is 0.176. The molecule has 0 radical (unpaired) electrons. The third-order valence-electron chi connectivity index (χ3n) is 2.56. The van der Waals surface area contributed by atoms with E-state index in [0.29, 0.717) is 0 Å². The Kier molecular flexibility index (Phi) is 5.22. The van der Waals surface area contributed by atoms with E-state index >= 15 is 0 Å². The highest BCUT2D eigenvalue weighted by Crippen LogP contribution is 2.07. The molecule has 0 unspecified atom stereocenters. The lowest BCUT2D eigenvalue weighted by Crippen LogP contribution is -2.23. The van der Waals surface area contributed by atoms with Gasteiger partial charge >= 0.3 is 0 Å². The summed E-state index contributed by atoms with van der Waals surface area (Å²) in [6.07, 6.45) is 6.00. The molecule has 0 aliphatic heterocycles. The van der Waals surface area contributed by atoms with Crippen LogP contribution in [-0.2, 0) is 0 Å².